The molecular formula is C9H9BrN4S2. The van der Waals surface area contributed by atoms with Gasteiger partial charge in [0, 0.05) is 14.7 Å². The highest BCUT2D eigenvalue weighted by molar-refractivity contribution is 9.10. The SMILES string of the molecule is CSc1nnc(C)n1/N=C/c1cc(Br)cs1. The highest BCUT2D eigenvalue weighted by atomic mass is 79.9. The van der Waals surface area contributed by atoms with E-state index in [-0.39, 0.29) is 0 Å². The smallest absolute Gasteiger partial charge is 0.192 e. The zero-order chi connectivity index (χ0) is 11.5. The lowest BCUT2D eigenvalue weighted by molar-refractivity contribution is 0.745. The third-order valence-electron chi connectivity index (χ3n) is 1.84. The molecule has 2 aromatic rings. The van der Waals surface area contributed by atoms with Crippen LogP contribution in [0.3, 0.4) is 0 Å². The van der Waals surface area contributed by atoms with E-state index in [0.29, 0.717) is 0 Å². The molecule has 0 atom stereocenters. The number of hydrogen-bond acceptors (Lipinski definition) is 5. The van der Waals surface area contributed by atoms with E-state index in [1.165, 1.54) is 11.8 Å². The van der Waals surface area contributed by atoms with E-state index in [9.17, 15) is 0 Å². The second-order valence-corrected chi connectivity index (χ2v) is 5.59. The number of rotatable bonds is 3. The van der Waals surface area contributed by atoms with Gasteiger partial charge in [-0.15, -0.1) is 21.5 Å². The van der Waals surface area contributed by atoms with Crippen molar-refractivity contribution in [1.82, 2.24) is 14.9 Å². The number of thiophene rings is 1. The van der Waals surface area contributed by atoms with E-state index in [1.807, 2.05) is 30.8 Å². The summed E-state index contributed by atoms with van der Waals surface area (Å²) in [6, 6.07) is 2.02. The molecule has 0 unspecified atom stereocenters. The summed E-state index contributed by atoms with van der Waals surface area (Å²) >= 11 is 6.57. The van der Waals surface area contributed by atoms with E-state index in [0.717, 1.165) is 20.3 Å². The Balaban J connectivity index is 2.26. The van der Waals surface area contributed by atoms with Crippen molar-refractivity contribution in [3.05, 3.63) is 26.6 Å². The number of aryl methyl sites for hydroxylation is 1. The van der Waals surface area contributed by atoms with Crippen molar-refractivity contribution < 1.29 is 0 Å². The highest BCUT2D eigenvalue weighted by Crippen LogP contribution is 2.18. The zero-order valence-electron chi connectivity index (χ0n) is 8.72. The minimum atomic E-state index is 0.788. The molecular weight excluding hydrogens is 308 g/mol. The van der Waals surface area contributed by atoms with Crippen LogP contribution >= 0.6 is 39.0 Å². The molecule has 0 spiro atoms. The summed E-state index contributed by atoms with van der Waals surface area (Å²) < 4.78 is 2.81. The molecule has 2 rings (SSSR count). The Morgan fingerprint density at radius 1 is 1.56 bits per heavy atom. The minimum absolute atomic E-state index is 0.788. The molecule has 0 saturated carbocycles. The maximum Gasteiger partial charge on any atom is 0.211 e. The van der Waals surface area contributed by atoms with Crippen molar-refractivity contribution in [2.45, 2.75) is 12.1 Å². The van der Waals surface area contributed by atoms with Crippen LogP contribution in [0.2, 0.25) is 0 Å². The van der Waals surface area contributed by atoms with Crippen LogP contribution in [0.1, 0.15) is 10.7 Å². The van der Waals surface area contributed by atoms with E-state index >= 15 is 0 Å². The van der Waals surface area contributed by atoms with Gasteiger partial charge in [0.05, 0.1) is 6.21 Å². The third kappa shape index (κ3) is 2.53. The topological polar surface area (TPSA) is 43.1 Å². The van der Waals surface area contributed by atoms with E-state index < -0.39 is 0 Å². The van der Waals surface area contributed by atoms with Crippen LogP contribution < -0.4 is 0 Å². The Hall–Kier alpha value is -0.660. The first-order valence-corrected chi connectivity index (χ1v) is 7.35. The van der Waals surface area contributed by atoms with Crippen LogP contribution in [0.15, 0.2) is 26.2 Å². The molecule has 84 valence electrons. The van der Waals surface area contributed by atoms with Crippen molar-refractivity contribution in [3.8, 4) is 0 Å². The number of nitrogens with zero attached hydrogens (tertiary/aromatic N) is 4. The summed E-state index contributed by atoms with van der Waals surface area (Å²) in [6.07, 6.45) is 3.77. The van der Waals surface area contributed by atoms with Gasteiger partial charge in [0.15, 0.2) is 5.82 Å². The summed E-state index contributed by atoms with van der Waals surface area (Å²) in [5.41, 5.74) is 0. The summed E-state index contributed by atoms with van der Waals surface area (Å²) in [6.45, 7) is 1.88. The summed E-state index contributed by atoms with van der Waals surface area (Å²) in [5.74, 6) is 0.788. The molecule has 0 aliphatic rings. The molecule has 0 aliphatic heterocycles. The molecule has 0 bridgehead atoms. The lowest BCUT2D eigenvalue weighted by atomic mass is 10.5. The van der Waals surface area contributed by atoms with Gasteiger partial charge in [0.2, 0.25) is 5.16 Å². The predicted molar refractivity (Wildman–Crippen MR) is 71.6 cm³/mol. The Morgan fingerprint density at radius 3 is 3.00 bits per heavy atom. The Bertz CT molecular complexity index is 517. The summed E-state index contributed by atoms with van der Waals surface area (Å²) in [7, 11) is 0. The molecule has 0 amide bonds. The summed E-state index contributed by atoms with van der Waals surface area (Å²) in [4.78, 5) is 1.09. The number of thioether (sulfide) groups is 1. The first-order valence-electron chi connectivity index (χ1n) is 4.45. The van der Waals surface area contributed by atoms with Gasteiger partial charge >= 0.3 is 0 Å². The quantitative estimate of drug-likeness (QED) is 0.645. The van der Waals surface area contributed by atoms with Crippen molar-refractivity contribution in [3.63, 3.8) is 0 Å². The molecule has 0 fully saturated rings. The lowest BCUT2D eigenvalue weighted by Crippen LogP contribution is -1.94. The molecule has 2 heterocycles. The van der Waals surface area contributed by atoms with Crippen LogP contribution in [0.5, 0.6) is 0 Å². The number of halogens is 1. The zero-order valence-corrected chi connectivity index (χ0v) is 11.9. The second-order valence-electron chi connectivity index (χ2n) is 2.96. The van der Waals surface area contributed by atoms with Crippen LogP contribution in [0.4, 0.5) is 0 Å². The van der Waals surface area contributed by atoms with Crippen LogP contribution in [-0.2, 0) is 0 Å². The third-order valence-corrected chi connectivity index (χ3v) is 4.09. The molecule has 0 N–H and O–H groups in total. The number of aromatic nitrogens is 3. The van der Waals surface area contributed by atoms with Crippen molar-refractivity contribution in [2.24, 2.45) is 5.10 Å². The van der Waals surface area contributed by atoms with Crippen LogP contribution in [0, 0.1) is 6.92 Å². The monoisotopic (exact) mass is 316 g/mol. The van der Waals surface area contributed by atoms with Gasteiger partial charge < -0.3 is 0 Å². The molecule has 0 radical (unpaired) electrons. The van der Waals surface area contributed by atoms with Crippen LogP contribution in [-0.4, -0.2) is 27.3 Å². The normalized spacial score (nSPS) is 11.4. The molecule has 4 nitrogen and oxygen atoms in total. The molecule has 0 aliphatic carbocycles. The Morgan fingerprint density at radius 2 is 2.38 bits per heavy atom. The van der Waals surface area contributed by atoms with Gasteiger partial charge in [-0.05, 0) is 35.2 Å². The fourth-order valence-electron chi connectivity index (χ4n) is 1.11. The van der Waals surface area contributed by atoms with Crippen LogP contribution in [0.25, 0.3) is 0 Å². The van der Waals surface area contributed by atoms with Crippen molar-refractivity contribution in [1.29, 1.82) is 0 Å². The summed E-state index contributed by atoms with van der Waals surface area (Å²) in [5, 5.41) is 15.2. The van der Waals surface area contributed by atoms with Gasteiger partial charge in [-0.2, -0.15) is 9.78 Å². The maximum atomic E-state index is 4.36. The highest BCUT2D eigenvalue weighted by Gasteiger charge is 2.05. The Kier molecular flexibility index (Phi) is 3.78. The fourth-order valence-corrected chi connectivity index (χ4v) is 2.88. The van der Waals surface area contributed by atoms with Gasteiger partial charge in [-0.3, -0.25) is 0 Å². The predicted octanol–water partition coefficient (Wildman–Crippen LogP) is 3.01. The van der Waals surface area contributed by atoms with Gasteiger partial charge in [-0.1, -0.05) is 11.8 Å². The van der Waals surface area contributed by atoms with Gasteiger partial charge in [-0.25, -0.2) is 0 Å². The molecule has 0 saturated heterocycles. The average molecular weight is 317 g/mol. The molecule has 16 heavy (non-hydrogen) atoms. The standard InChI is InChI=1S/C9H9BrN4S2/c1-6-12-13-9(15-2)14(6)11-4-8-3-7(10)5-16-8/h3-5H,1-2H3/b11-4+. The lowest BCUT2D eigenvalue weighted by Gasteiger charge is -1.97. The van der Waals surface area contributed by atoms with E-state index in [1.54, 1.807) is 16.0 Å². The average Bonchev–Trinajstić information content (AvgIpc) is 2.82. The molecule has 7 heteroatoms. The first-order chi connectivity index (χ1) is 7.70. The van der Waals surface area contributed by atoms with Crippen molar-refractivity contribution in [2.75, 3.05) is 6.26 Å². The Labute approximate surface area is 110 Å². The fraction of sp³-hybridized carbons (Fsp3) is 0.222. The molecule has 2 aromatic heterocycles. The maximum absolute atomic E-state index is 4.36. The molecule has 0 aromatic carbocycles. The van der Waals surface area contributed by atoms with Gasteiger partial charge in [0.25, 0.3) is 0 Å². The van der Waals surface area contributed by atoms with E-state index in [4.69, 9.17) is 0 Å². The van der Waals surface area contributed by atoms with Gasteiger partial charge in [0.1, 0.15) is 0 Å². The van der Waals surface area contributed by atoms with Crippen molar-refractivity contribution >= 4 is 45.2 Å². The second kappa shape index (κ2) is 5.11. The first kappa shape index (κ1) is 11.8. The minimum Gasteiger partial charge on any atom is -0.192 e. The largest absolute Gasteiger partial charge is 0.211 e. The van der Waals surface area contributed by atoms with E-state index in [2.05, 4.69) is 31.2 Å². The number of hydrogen-bond donors (Lipinski definition) is 0.